The normalized spacial score (nSPS) is 24.8. The average molecular weight is 275 g/mol. The monoisotopic (exact) mass is 275 g/mol. The van der Waals surface area contributed by atoms with Crippen LogP contribution in [-0.4, -0.2) is 28.1 Å². The summed E-state index contributed by atoms with van der Waals surface area (Å²) in [5, 5.41) is 9.67. The van der Waals surface area contributed by atoms with Crippen molar-refractivity contribution in [1.29, 1.82) is 0 Å². The summed E-state index contributed by atoms with van der Waals surface area (Å²) >= 11 is 0. The Morgan fingerprint density at radius 1 is 1.35 bits per heavy atom. The lowest BCUT2D eigenvalue weighted by Gasteiger charge is -2.38. The first kappa shape index (κ1) is 15.0. The minimum atomic E-state index is -0.678. The zero-order valence-electron chi connectivity index (χ0n) is 12.7. The smallest absolute Gasteiger partial charge is 0.324 e. The summed E-state index contributed by atoms with van der Waals surface area (Å²) in [7, 11) is 0. The average Bonchev–Trinajstić information content (AvgIpc) is 2.91. The molecule has 1 heterocycles. The van der Waals surface area contributed by atoms with Crippen LogP contribution in [0.15, 0.2) is 24.3 Å². The lowest BCUT2D eigenvalue weighted by Crippen LogP contribution is -2.50. The number of benzene rings is 1. The fraction of sp³-hybridized carbons (Fsp3) is 0.588. The summed E-state index contributed by atoms with van der Waals surface area (Å²) < 4.78 is 0. The summed E-state index contributed by atoms with van der Waals surface area (Å²) in [6.07, 6.45) is 3.43. The maximum absolute atomic E-state index is 11.8. The van der Waals surface area contributed by atoms with E-state index in [4.69, 9.17) is 0 Å². The van der Waals surface area contributed by atoms with Gasteiger partial charge in [0.1, 0.15) is 5.54 Å². The highest BCUT2D eigenvalue weighted by atomic mass is 16.4. The largest absolute Gasteiger partial charge is 0.480 e. The highest BCUT2D eigenvalue weighted by molar-refractivity contribution is 5.79. The van der Waals surface area contributed by atoms with E-state index in [1.165, 1.54) is 11.1 Å². The molecule has 1 aromatic carbocycles. The molecule has 1 saturated heterocycles. The van der Waals surface area contributed by atoms with Gasteiger partial charge in [-0.25, -0.2) is 0 Å². The fourth-order valence-corrected chi connectivity index (χ4v) is 3.44. The van der Waals surface area contributed by atoms with Crippen molar-refractivity contribution in [2.45, 2.75) is 58.0 Å². The van der Waals surface area contributed by atoms with Gasteiger partial charge in [-0.3, -0.25) is 9.69 Å². The molecule has 20 heavy (non-hydrogen) atoms. The second-order valence-electron chi connectivity index (χ2n) is 5.76. The van der Waals surface area contributed by atoms with Gasteiger partial charge in [-0.15, -0.1) is 0 Å². The number of aliphatic carboxylic acids is 1. The summed E-state index contributed by atoms with van der Waals surface area (Å²) in [6.45, 7) is 7.13. The maximum atomic E-state index is 11.8. The van der Waals surface area contributed by atoms with Crippen LogP contribution >= 0.6 is 0 Å². The molecule has 0 spiro atoms. The van der Waals surface area contributed by atoms with Gasteiger partial charge in [0.25, 0.3) is 0 Å². The van der Waals surface area contributed by atoms with Crippen LogP contribution in [-0.2, 0) is 11.2 Å². The van der Waals surface area contributed by atoms with Gasteiger partial charge < -0.3 is 5.11 Å². The Morgan fingerprint density at radius 3 is 2.50 bits per heavy atom. The van der Waals surface area contributed by atoms with E-state index in [-0.39, 0.29) is 6.04 Å². The second-order valence-corrected chi connectivity index (χ2v) is 5.76. The Kier molecular flexibility index (Phi) is 4.48. The molecular formula is C17H25NO2. The van der Waals surface area contributed by atoms with Crippen LogP contribution in [0.25, 0.3) is 0 Å². The molecule has 1 fully saturated rings. The number of carboxylic acid groups (broad SMARTS) is 1. The van der Waals surface area contributed by atoms with Crippen LogP contribution in [0.5, 0.6) is 0 Å². The third kappa shape index (κ3) is 2.47. The zero-order chi connectivity index (χ0) is 14.8. The maximum Gasteiger partial charge on any atom is 0.324 e. The Balaban J connectivity index is 2.26. The number of nitrogens with zero attached hydrogens (tertiary/aromatic N) is 1. The van der Waals surface area contributed by atoms with E-state index in [0.29, 0.717) is 6.42 Å². The van der Waals surface area contributed by atoms with Crippen molar-refractivity contribution < 1.29 is 9.90 Å². The van der Waals surface area contributed by atoms with Crippen molar-refractivity contribution in [2.75, 3.05) is 6.54 Å². The fourth-order valence-electron chi connectivity index (χ4n) is 3.44. The molecule has 0 radical (unpaired) electrons. The first-order valence-corrected chi connectivity index (χ1v) is 7.64. The molecule has 2 unspecified atom stereocenters. The Labute approximate surface area is 121 Å². The van der Waals surface area contributed by atoms with Crippen molar-refractivity contribution in [3.63, 3.8) is 0 Å². The minimum absolute atomic E-state index is 0.152. The Bertz CT molecular complexity index is 468. The second kappa shape index (κ2) is 5.96. The zero-order valence-corrected chi connectivity index (χ0v) is 12.7. The third-order valence-electron chi connectivity index (χ3n) is 4.86. The lowest BCUT2D eigenvalue weighted by molar-refractivity contribution is -0.151. The van der Waals surface area contributed by atoms with Crippen LogP contribution in [0.4, 0.5) is 0 Å². The van der Waals surface area contributed by atoms with E-state index in [2.05, 4.69) is 43.0 Å². The first-order valence-electron chi connectivity index (χ1n) is 7.64. The van der Waals surface area contributed by atoms with Gasteiger partial charge in [-0.05, 0) is 50.3 Å². The summed E-state index contributed by atoms with van der Waals surface area (Å²) in [5.74, 6) is -0.672. The van der Waals surface area contributed by atoms with Crippen LogP contribution in [0.1, 0.15) is 57.2 Å². The topological polar surface area (TPSA) is 40.5 Å². The standard InChI is InChI=1S/C17H25NO2/c1-4-14-7-9-15(10-8-14)13(3)18-12-6-11-17(18,5-2)16(19)20/h7-10,13H,4-6,11-12H2,1-3H3,(H,19,20). The predicted octanol–water partition coefficient (Wildman–Crippen LogP) is 3.64. The molecule has 2 rings (SSSR count). The molecular weight excluding hydrogens is 250 g/mol. The molecule has 3 nitrogen and oxygen atoms in total. The van der Waals surface area contributed by atoms with Gasteiger partial charge in [0.05, 0.1) is 0 Å². The number of rotatable bonds is 5. The number of carbonyl (C=O) groups is 1. The van der Waals surface area contributed by atoms with Crippen molar-refractivity contribution >= 4 is 5.97 Å². The van der Waals surface area contributed by atoms with Crippen LogP contribution in [0.2, 0.25) is 0 Å². The van der Waals surface area contributed by atoms with E-state index >= 15 is 0 Å². The Hall–Kier alpha value is -1.35. The molecule has 2 atom stereocenters. The summed E-state index contributed by atoms with van der Waals surface area (Å²) in [6, 6.07) is 8.74. The molecule has 1 aromatic rings. The first-order chi connectivity index (χ1) is 9.55. The molecule has 0 saturated carbocycles. The molecule has 1 aliphatic heterocycles. The number of aryl methyl sites for hydroxylation is 1. The van der Waals surface area contributed by atoms with E-state index < -0.39 is 11.5 Å². The summed E-state index contributed by atoms with van der Waals surface area (Å²) in [4.78, 5) is 13.9. The molecule has 0 bridgehead atoms. The quantitative estimate of drug-likeness (QED) is 0.892. The van der Waals surface area contributed by atoms with Gasteiger partial charge in [0.2, 0.25) is 0 Å². The van der Waals surface area contributed by atoms with Gasteiger partial charge >= 0.3 is 5.97 Å². The molecule has 0 amide bonds. The van der Waals surface area contributed by atoms with Crippen LogP contribution in [0, 0.1) is 0 Å². The van der Waals surface area contributed by atoms with Gasteiger partial charge in [-0.1, -0.05) is 38.1 Å². The van der Waals surface area contributed by atoms with Crippen LogP contribution < -0.4 is 0 Å². The van der Waals surface area contributed by atoms with E-state index in [1.54, 1.807) is 0 Å². The number of hydrogen-bond donors (Lipinski definition) is 1. The molecule has 3 heteroatoms. The number of hydrogen-bond acceptors (Lipinski definition) is 2. The van der Waals surface area contributed by atoms with E-state index in [9.17, 15) is 9.90 Å². The van der Waals surface area contributed by atoms with Gasteiger partial charge in [0.15, 0.2) is 0 Å². The molecule has 1 aliphatic rings. The number of likely N-dealkylation sites (tertiary alicyclic amines) is 1. The van der Waals surface area contributed by atoms with Crippen molar-refractivity contribution in [3.05, 3.63) is 35.4 Å². The van der Waals surface area contributed by atoms with Crippen molar-refractivity contribution in [3.8, 4) is 0 Å². The number of carboxylic acids is 1. The molecule has 110 valence electrons. The minimum Gasteiger partial charge on any atom is -0.480 e. The van der Waals surface area contributed by atoms with Gasteiger partial charge in [0, 0.05) is 6.04 Å². The van der Waals surface area contributed by atoms with E-state index in [1.807, 2.05) is 6.92 Å². The lowest BCUT2D eigenvalue weighted by atomic mass is 9.90. The predicted molar refractivity (Wildman–Crippen MR) is 80.8 cm³/mol. The molecule has 0 aliphatic carbocycles. The van der Waals surface area contributed by atoms with Crippen LogP contribution in [0.3, 0.4) is 0 Å². The molecule has 1 N–H and O–H groups in total. The van der Waals surface area contributed by atoms with Crippen molar-refractivity contribution in [2.24, 2.45) is 0 Å². The van der Waals surface area contributed by atoms with Crippen molar-refractivity contribution in [1.82, 2.24) is 4.90 Å². The molecule has 0 aromatic heterocycles. The summed E-state index contributed by atoms with van der Waals surface area (Å²) in [5.41, 5.74) is 1.86. The SMILES string of the molecule is CCc1ccc(C(C)N2CCCC2(CC)C(=O)O)cc1. The van der Waals surface area contributed by atoms with Gasteiger partial charge in [-0.2, -0.15) is 0 Å². The highest BCUT2D eigenvalue weighted by Crippen LogP contribution is 2.39. The highest BCUT2D eigenvalue weighted by Gasteiger charge is 2.48. The third-order valence-corrected chi connectivity index (χ3v) is 4.86. The Morgan fingerprint density at radius 2 is 2.00 bits per heavy atom. The van der Waals surface area contributed by atoms with E-state index in [0.717, 1.165) is 25.8 Å².